The highest BCUT2D eigenvalue weighted by Gasteiger charge is 1.94. The average molecular weight is 177 g/mol. The van der Waals surface area contributed by atoms with Crippen molar-refractivity contribution >= 4 is 0 Å². The lowest BCUT2D eigenvalue weighted by Gasteiger charge is -1.99. The molecule has 73 valence electrons. The summed E-state index contributed by atoms with van der Waals surface area (Å²) < 4.78 is 0. The fourth-order valence-corrected chi connectivity index (χ4v) is 1.09. The molecule has 0 saturated heterocycles. The number of unbranched alkanes of at least 4 members (excludes halogenated alkanes) is 1. The van der Waals surface area contributed by atoms with E-state index < -0.39 is 0 Å². The third-order valence-corrected chi connectivity index (χ3v) is 1.77. The van der Waals surface area contributed by atoms with Gasteiger partial charge >= 0.3 is 0 Å². The maximum absolute atomic E-state index is 2.23. The van der Waals surface area contributed by atoms with Crippen molar-refractivity contribution in [3.05, 3.63) is 42.4 Å². The van der Waals surface area contributed by atoms with Crippen LogP contribution < -0.4 is 0 Å². The van der Waals surface area contributed by atoms with Crippen LogP contribution in [-0.4, -0.2) is 0 Å². The molecule has 0 saturated carbocycles. The third-order valence-electron chi connectivity index (χ3n) is 1.77. The van der Waals surface area contributed by atoms with E-state index in [0.29, 0.717) is 0 Å². The zero-order valence-electron chi connectivity index (χ0n) is 9.09. The lowest BCUT2D eigenvalue weighted by atomic mass is 10.1. The van der Waals surface area contributed by atoms with E-state index in [2.05, 4.69) is 43.7 Å². The second-order valence-electron chi connectivity index (χ2n) is 2.78. The summed E-state index contributed by atoms with van der Waals surface area (Å²) in [6, 6.07) is 0. The summed E-state index contributed by atoms with van der Waals surface area (Å²) in [5.41, 5.74) is 1.44. The van der Waals surface area contributed by atoms with Crippen LogP contribution in [0, 0.1) is 6.42 Å². The first-order valence-electron chi connectivity index (χ1n) is 5.30. The molecule has 0 aromatic heterocycles. The molecule has 1 aliphatic rings. The van der Waals surface area contributed by atoms with Gasteiger partial charge in [-0.15, -0.1) is 0 Å². The molecule has 0 aromatic carbocycles. The molecule has 0 aliphatic heterocycles. The monoisotopic (exact) mass is 177 g/mol. The molecule has 0 aromatic rings. The van der Waals surface area contributed by atoms with Crippen molar-refractivity contribution in [1.29, 1.82) is 0 Å². The van der Waals surface area contributed by atoms with Crippen LogP contribution in [0.25, 0.3) is 0 Å². The molecule has 0 N–H and O–H groups in total. The lowest BCUT2D eigenvalue weighted by molar-refractivity contribution is 0.793. The molecule has 0 fully saturated rings. The molecule has 1 radical (unpaired) electrons. The largest absolute Gasteiger partial charge is 0.0764 e. The Balaban J connectivity index is 0.000000671. The Kier molecular flexibility index (Phi) is 8.75. The number of hydrogen-bond donors (Lipinski definition) is 0. The average Bonchev–Trinajstić information content (AvgIpc) is 2.46. The van der Waals surface area contributed by atoms with Gasteiger partial charge in [-0.05, 0) is 12.8 Å². The van der Waals surface area contributed by atoms with E-state index in [9.17, 15) is 0 Å². The highest BCUT2D eigenvalue weighted by atomic mass is 14.0. The topological polar surface area (TPSA) is 0 Å². The second-order valence-corrected chi connectivity index (χ2v) is 2.78. The molecule has 13 heavy (non-hydrogen) atoms. The molecule has 0 atom stereocenters. The molecule has 0 heteroatoms. The summed E-state index contributed by atoms with van der Waals surface area (Å²) >= 11 is 0. The van der Waals surface area contributed by atoms with Gasteiger partial charge in [0.2, 0.25) is 0 Å². The summed E-state index contributed by atoms with van der Waals surface area (Å²) in [7, 11) is 0. The summed E-state index contributed by atoms with van der Waals surface area (Å²) in [5, 5.41) is 0. The quantitative estimate of drug-likeness (QED) is 0.597. The first kappa shape index (κ1) is 12.2. The normalized spacial score (nSPS) is 14.2. The molecule has 0 heterocycles. The van der Waals surface area contributed by atoms with Crippen molar-refractivity contribution in [2.24, 2.45) is 0 Å². The summed E-state index contributed by atoms with van der Waals surface area (Å²) in [6.45, 7) is 6.23. The van der Waals surface area contributed by atoms with Gasteiger partial charge in [0.05, 0.1) is 0 Å². The minimum Gasteiger partial charge on any atom is -0.0764 e. The van der Waals surface area contributed by atoms with Crippen molar-refractivity contribution in [3.63, 3.8) is 0 Å². The molecule has 0 unspecified atom stereocenters. The van der Waals surface area contributed by atoms with E-state index >= 15 is 0 Å². The van der Waals surface area contributed by atoms with Gasteiger partial charge in [-0.3, -0.25) is 0 Å². The van der Waals surface area contributed by atoms with Gasteiger partial charge in [0.25, 0.3) is 0 Å². The van der Waals surface area contributed by atoms with Crippen molar-refractivity contribution in [3.8, 4) is 0 Å². The maximum Gasteiger partial charge on any atom is 0.00834 e. The van der Waals surface area contributed by atoms with Gasteiger partial charge in [0.15, 0.2) is 0 Å². The Morgan fingerprint density at radius 2 is 1.69 bits per heavy atom. The van der Waals surface area contributed by atoms with Gasteiger partial charge in [-0.2, -0.15) is 0 Å². The van der Waals surface area contributed by atoms with Crippen molar-refractivity contribution in [1.82, 2.24) is 0 Å². The SMILES string of the molecule is CC.CCCCC1=CC=CC=C[CH]1. The van der Waals surface area contributed by atoms with E-state index in [1.807, 2.05) is 13.8 Å². The molecule has 0 spiro atoms. The van der Waals surface area contributed by atoms with Gasteiger partial charge in [-0.1, -0.05) is 63.1 Å². The molecule has 0 bridgehead atoms. The van der Waals surface area contributed by atoms with Crippen LogP contribution in [0.15, 0.2) is 36.0 Å². The van der Waals surface area contributed by atoms with Crippen LogP contribution in [0.2, 0.25) is 0 Å². The molecule has 1 aliphatic carbocycles. The van der Waals surface area contributed by atoms with Crippen molar-refractivity contribution in [2.75, 3.05) is 0 Å². The van der Waals surface area contributed by atoms with E-state index in [1.165, 1.54) is 24.8 Å². The Labute approximate surface area is 83.0 Å². The Hall–Kier alpha value is -0.780. The molecule has 1 rings (SSSR count). The highest BCUT2D eigenvalue weighted by Crippen LogP contribution is 2.13. The first-order valence-corrected chi connectivity index (χ1v) is 5.30. The standard InChI is InChI=1S/C11H15.C2H6/c1-2-3-8-11-9-6-4-5-7-10-11;1-2/h4-7,9-10H,2-3,8H2,1H3;1-2H3. The Morgan fingerprint density at radius 1 is 1.00 bits per heavy atom. The van der Waals surface area contributed by atoms with Crippen LogP contribution in [0.4, 0.5) is 0 Å². The molecule has 0 nitrogen and oxygen atoms in total. The molecular weight excluding hydrogens is 156 g/mol. The smallest absolute Gasteiger partial charge is 0.00834 e. The summed E-state index contributed by atoms with van der Waals surface area (Å²) in [4.78, 5) is 0. The van der Waals surface area contributed by atoms with Gasteiger partial charge < -0.3 is 0 Å². The summed E-state index contributed by atoms with van der Waals surface area (Å²) in [6.07, 6.45) is 16.5. The minimum absolute atomic E-state index is 1.21. The maximum atomic E-state index is 2.23. The zero-order chi connectivity index (χ0) is 9.94. The zero-order valence-corrected chi connectivity index (χ0v) is 9.09. The predicted molar refractivity (Wildman–Crippen MR) is 61.5 cm³/mol. The summed E-state index contributed by atoms with van der Waals surface area (Å²) in [5.74, 6) is 0. The van der Waals surface area contributed by atoms with E-state index in [0.717, 1.165) is 0 Å². The Bertz CT molecular complexity index is 182. The van der Waals surface area contributed by atoms with Crippen molar-refractivity contribution in [2.45, 2.75) is 40.0 Å². The number of rotatable bonds is 3. The van der Waals surface area contributed by atoms with Crippen molar-refractivity contribution < 1.29 is 0 Å². The van der Waals surface area contributed by atoms with E-state index in [1.54, 1.807) is 0 Å². The van der Waals surface area contributed by atoms with E-state index in [4.69, 9.17) is 0 Å². The fraction of sp³-hybridized carbons (Fsp3) is 0.462. The fourth-order valence-electron chi connectivity index (χ4n) is 1.09. The van der Waals surface area contributed by atoms with Crippen LogP contribution >= 0.6 is 0 Å². The van der Waals surface area contributed by atoms with Crippen LogP contribution in [0.3, 0.4) is 0 Å². The van der Waals surface area contributed by atoms with E-state index in [-0.39, 0.29) is 0 Å². The molecule has 0 amide bonds. The van der Waals surface area contributed by atoms with Gasteiger partial charge in [0.1, 0.15) is 0 Å². The first-order chi connectivity index (χ1) is 6.43. The number of allylic oxidation sites excluding steroid dienone is 6. The van der Waals surface area contributed by atoms with Gasteiger partial charge in [0, 0.05) is 6.42 Å². The second kappa shape index (κ2) is 9.31. The van der Waals surface area contributed by atoms with Crippen LogP contribution in [0.5, 0.6) is 0 Å². The lowest BCUT2D eigenvalue weighted by Crippen LogP contribution is -1.81. The molecular formula is C13H21. The Morgan fingerprint density at radius 3 is 2.38 bits per heavy atom. The highest BCUT2D eigenvalue weighted by molar-refractivity contribution is 5.31. The van der Waals surface area contributed by atoms with Crippen LogP contribution in [-0.2, 0) is 0 Å². The minimum atomic E-state index is 1.21. The predicted octanol–water partition coefficient (Wildman–Crippen LogP) is 4.46. The number of hydrogen-bond acceptors (Lipinski definition) is 0. The van der Waals surface area contributed by atoms with Crippen LogP contribution in [0.1, 0.15) is 40.0 Å². The van der Waals surface area contributed by atoms with Gasteiger partial charge in [-0.25, -0.2) is 0 Å². The third kappa shape index (κ3) is 6.39.